The maximum atomic E-state index is 13.7. The highest BCUT2D eigenvalue weighted by atomic mass is 16.4. The molecule has 3 aliphatic rings. The summed E-state index contributed by atoms with van der Waals surface area (Å²) in [6, 6.07) is 1.62. The Hall–Kier alpha value is -3.21. The van der Waals surface area contributed by atoms with Gasteiger partial charge in [-0.3, -0.25) is 19.3 Å². The molecule has 176 valence electrons. The maximum absolute atomic E-state index is 13.7. The van der Waals surface area contributed by atoms with Crippen LogP contribution in [0.25, 0.3) is 5.76 Å². The zero-order valence-electron chi connectivity index (χ0n) is 18.5. The van der Waals surface area contributed by atoms with Crippen LogP contribution in [0.15, 0.2) is 29.0 Å². The maximum Gasteiger partial charge on any atom is 0.255 e. The predicted molar refractivity (Wildman–Crippen MR) is 115 cm³/mol. The van der Waals surface area contributed by atoms with Crippen LogP contribution < -0.4 is 5.73 Å². The number of nitrogens with zero attached hydrogens (tertiary/aromatic N) is 1. The van der Waals surface area contributed by atoms with Gasteiger partial charge in [0.1, 0.15) is 22.8 Å². The van der Waals surface area contributed by atoms with E-state index in [0.29, 0.717) is 11.1 Å². The van der Waals surface area contributed by atoms with Gasteiger partial charge in [0, 0.05) is 11.5 Å². The van der Waals surface area contributed by atoms with E-state index in [0.717, 1.165) is 0 Å². The molecule has 4 unspecified atom stereocenters. The van der Waals surface area contributed by atoms with Crippen LogP contribution in [0.3, 0.4) is 0 Å². The van der Waals surface area contributed by atoms with Crippen molar-refractivity contribution in [3.8, 4) is 5.75 Å². The number of carbonyl (C=O) groups is 3. The number of aliphatic hydroxyl groups is 4. The summed E-state index contributed by atoms with van der Waals surface area (Å²) in [6.45, 7) is 3.45. The average Bonchev–Trinajstić information content (AvgIpc) is 2.72. The van der Waals surface area contributed by atoms with E-state index in [1.165, 1.54) is 25.1 Å². The number of Topliss-reactive ketones (excluding diaryl/α,β-unsaturated/α-hetero) is 2. The molecular formula is C23H26N2O8. The Morgan fingerprint density at radius 2 is 1.76 bits per heavy atom. The summed E-state index contributed by atoms with van der Waals surface area (Å²) in [5.74, 6) is -8.86. The molecule has 4 rings (SSSR count). The van der Waals surface area contributed by atoms with Gasteiger partial charge in [-0.25, -0.2) is 0 Å². The molecule has 6 atom stereocenters. The lowest BCUT2D eigenvalue weighted by molar-refractivity contribution is -0.169. The molecule has 0 aliphatic heterocycles. The Morgan fingerprint density at radius 3 is 2.30 bits per heavy atom. The third kappa shape index (κ3) is 2.68. The second-order valence-electron chi connectivity index (χ2n) is 9.24. The van der Waals surface area contributed by atoms with Crippen molar-refractivity contribution < 1.29 is 39.9 Å². The number of phenolic OH excluding ortho intramolecular Hbond substituents is 1. The number of likely N-dealkylation sites (N-methyl/N-ethyl adjacent to an activating group) is 1. The second-order valence-corrected chi connectivity index (χ2v) is 9.24. The molecule has 0 spiro atoms. The number of amides is 1. The van der Waals surface area contributed by atoms with E-state index in [1.807, 2.05) is 0 Å². The van der Waals surface area contributed by atoms with Crippen molar-refractivity contribution in [3.63, 3.8) is 0 Å². The summed E-state index contributed by atoms with van der Waals surface area (Å²) in [6.07, 6.45) is -1.59. The van der Waals surface area contributed by atoms with Crippen molar-refractivity contribution in [1.82, 2.24) is 4.90 Å². The number of aliphatic hydroxyl groups excluding tert-OH is 3. The summed E-state index contributed by atoms with van der Waals surface area (Å²) in [5, 5.41) is 55.3. The molecule has 0 aromatic heterocycles. The number of benzene rings is 1. The number of fused-ring (bicyclic) bond motifs is 3. The van der Waals surface area contributed by atoms with Gasteiger partial charge in [-0.1, -0.05) is 13.0 Å². The van der Waals surface area contributed by atoms with Crippen LogP contribution in [0, 0.1) is 18.8 Å². The van der Waals surface area contributed by atoms with Gasteiger partial charge in [0.05, 0.1) is 23.6 Å². The van der Waals surface area contributed by atoms with Crippen LogP contribution in [0.5, 0.6) is 5.75 Å². The number of nitrogens with two attached hydrogens (primary N) is 1. The van der Waals surface area contributed by atoms with Gasteiger partial charge >= 0.3 is 0 Å². The van der Waals surface area contributed by atoms with E-state index in [4.69, 9.17) is 5.73 Å². The number of hydrogen-bond acceptors (Lipinski definition) is 9. The summed E-state index contributed by atoms with van der Waals surface area (Å²) in [4.78, 5) is 40.1. The number of phenols is 1. The first-order chi connectivity index (χ1) is 15.3. The van der Waals surface area contributed by atoms with Crippen molar-refractivity contribution in [1.29, 1.82) is 0 Å². The highest BCUT2D eigenvalue weighted by molar-refractivity contribution is 6.24. The molecule has 10 heteroatoms. The zero-order valence-corrected chi connectivity index (χ0v) is 18.5. The smallest absolute Gasteiger partial charge is 0.255 e. The minimum atomic E-state index is -2.90. The molecule has 0 heterocycles. The first-order valence-corrected chi connectivity index (χ1v) is 10.4. The minimum absolute atomic E-state index is 0.00834. The molecule has 33 heavy (non-hydrogen) atoms. The quantitative estimate of drug-likeness (QED) is 0.327. The number of rotatable bonds is 2. The van der Waals surface area contributed by atoms with E-state index < -0.39 is 75.6 Å². The monoisotopic (exact) mass is 458 g/mol. The first-order valence-electron chi connectivity index (χ1n) is 10.4. The molecule has 1 amide bonds. The molecule has 0 saturated heterocycles. The van der Waals surface area contributed by atoms with Crippen LogP contribution in [0.4, 0.5) is 0 Å². The van der Waals surface area contributed by atoms with Gasteiger partial charge in [-0.05, 0) is 44.1 Å². The van der Waals surface area contributed by atoms with Gasteiger partial charge in [0.25, 0.3) is 5.91 Å². The van der Waals surface area contributed by atoms with E-state index in [2.05, 4.69) is 0 Å². The van der Waals surface area contributed by atoms with Crippen LogP contribution in [0.2, 0.25) is 0 Å². The van der Waals surface area contributed by atoms with Crippen LogP contribution in [0.1, 0.15) is 29.5 Å². The molecule has 1 aromatic carbocycles. The number of carbonyl (C=O) groups excluding carboxylic acids is 3. The van der Waals surface area contributed by atoms with Crippen molar-refractivity contribution in [2.75, 3.05) is 14.1 Å². The number of primary amides is 1. The third-order valence-electron chi connectivity index (χ3n) is 7.33. The lowest BCUT2D eigenvalue weighted by Gasteiger charge is -2.53. The highest BCUT2D eigenvalue weighted by Gasteiger charge is 2.68. The molecule has 7 N–H and O–H groups in total. The number of aryl methyl sites for hydroxylation is 1. The van der Waals surface area contributed by atoms with Gasteiger partial charge in [-0.2, -0.15) is 0 Å². The summed E-state index contributed by atoms with van der Waals surface area (Å²) >= 11 is 0. The Labute approximate surface area is 189 Å². The second kappa shape index (κ2) is 7.14. The fourth-order valence-electron chi connectivity index (χ4n) is 5.92. The summed E-state index contributed by atoms with van der Waals surface area (Å²) in [5.41, 5.74) is 2.25. The average molecular weight is 458 g/mol. The molecule has 0 radical (unpaired) electrons. The van der Waals surface area contributed by atoms with Crippen molar-refractivity contribution in [3.05, 3.63) is 45.7 Å². The first kappa shape index (κ1) is 23.0. The number of ketones is 2. The Morgan fingerprint density at radius 1 is 1.15 bits per heavy atom. The van der Waals surface area contributed by atoms with Gasteiger partial charge in [0.2, 0.25) is 5.78 Å². The van der Waals surface area contributed by atoms with Crippen LogP contribution >= 0.6 is 0 Å². The van der Waals surface area contributed by atoms with Crippen molar-refractivity contribution in [2.45, 2.75) is 37.5 Å². The van der Waals surface area contributed by atoms with E-state index in [1.54, 1.807) is 19.9 Å². The topological polar surface area (TPSA) is 182 Å². The van der Waals surface area contributed by atoms with Crippen molar-refractivity contribution >= 4 is 23.2 Å². The lowest BCUT2D eigenvalue weighted by atomic mass is 9.54. The SMILES string of the molecule is Cc1ccc(O)c2c1[C@H](C)C1C(=C2O)C(=O)[C@]2(O)C(O)=C(C(N)=O)C(=O)C(N(C)C)C2C1O. The largest absolute Gasteiger partial charge is 0.508 e. The van der Waals surface area contributed by atoms with Crippen LogP contribution in [-0.4, -0.2) is 79.7 Å². The molecule has 1 aromatic rings. The normalized spacial score (nSPS) is 33.7. The number of aromatic hydroxyl groups is 1. The van der Waals surface area contributed by atoms with Crippen LogP contribution in [-0.2, 0) is 14.4 Å². The Kier molecular flexibility index (Phi) is 4.97. The Bertz CT molecular complexity index is 1180. The van der Waals surface area contributed by atoms with Gasteiger partial charge in [-0.15, -0.1) is 0 Å². The fourth-order valence-corrected chi connectivity index (χ4v) is 5.92. The van der Waals surface area contributed by atoms with E-state index in [9.17, 15) is 39.9 Å². The minimum Gasteiger partial charge on any atom is -0.508 e. The fraction of sp³-hybridized carbons (Fsp3) is 0.435. The van der Waals surface area contributed by atoms with E-state index >= 15 is 0 Å². The van der Waals surface area contributed by atoms with Crippen molar-refractivity contribution in [2.24, 2.45) is 17.6 Å². The van der Waals surface area contributed by atoms with E-state index in [-0.39, 0.29) is 11.3 Å². The van der Waals surface area contributed by atoms with Gasteiger partial charge < -0.3 is 31.3 Å². The molecule has 1 fully saturated rings. The molecule has 3 aliphatic carbocycles. The predicted octanol–water partition coefficient (Wildman–Crippen LogP) is -0.196. The van der Waals surface area contributed by atoms with Gasteiger partial charge in [0.15, 0.2) is 11.4 Å². The number of hydrogen-bond donors (Lipinski definition) is 6. The summed E-state index contributed by atoms with van der Waals surface area (Å²) in [7, 11) is 2.93. The molecular weight excluding hydrogens is 432 g/mol. The molecule has 10 nitrogen and oxygen atoms in total. The lowest BCUT2D eigenvalue weighted by Crippen LogP contribution is -2.70. The third-order valence-corrected chi connectivity index (χ3v) is 7.33. The summed E-state index contributed by atoms with van der Waals surface area (Å²) < 4.78 is 0. The standard InChI is InChI=1S/C23H26N2O8/c1-7-5-6-9(26)12-10(7)8(2)11-13(17(12)27)20(30)23(33)15(18(11)28)16(25(3)4)19(29)14(21(23)31)22(24)32/h5-6,8,11,15-16,18,26-28,31,33H,1-4H3,(H2,24,32)/t8-,11?,15?,16?,18?,23-/m0/s1. The molecule has 1 saturated carbocycles. The highest BCUT2D eigenvalue weighted by Crippen LogP contribution is 2.56. The molecule has 0 bridgehead atoms. The Balaban J connectivity index is 2.08. The zero-order chi connectivity index (χ0) is 24.7.